The third kappa shape index (κ3) is 5.48. The number of hydrogen-bond donors (Lipinski definition) is 1. The van der Waals surface area contributed by atoms with Crippen LogP contribution in [0, 0.1) is 0 Å². The summed E-state index contributed by atoms with van der Waals surface area (Å²) in [5.41, 5.74) is 1.21. The highest BCUT2D eigenvalue weighted by Gasteiger charge is 2.03. The van der Waals surface area contributed by atoms with E-state index in [9.17, 15) is 4.79 Å². The Labute approximate surface area is 129 Å². The number of rotatable bonds is 7. The average molecular weight is 304 g/mol. The molecule has 1 amide bonds. The molecule has 2 aromatic carbocycles. The fourth-order valence-electron chi connectivity index (χ4n) is 1.89. The topological polar surface area (TPSA) is 38.3 Å². The lowest BCUT2D eigenvalue weighted by Gasteiger charge is -2.08. The summed E-state index contributed by atoms with van der Waals surface area (Å²) in [6.45, 7) is 0.954. The highest BCUT2D eigenvalue weighted by atomic mass is 35.5. The van der Waals surface area contributed by atoms with Crippen molar-refractivity contribution in [2.75, 3.05) is 13.2 Å². The lowest BCUT2D eigenvalue weighted by atomic mass is 10.1. The van der Waals surface area contributed by atoms with Gasteiger partial charge in [0.15, 0.2) is 0 Å². The first-order valence-corrected chi connectivity index (χ1v) is 7.31. The highest BCUT2D eigenvalue weighted by molar-refractivity contribution is 6.32. The van der Waals surface area contributed by atoms with Gasteiger partial charge in [0.25, 0.3) is 0 Å². The Bertz CT molecular complexity index is 572. The van der Waals surface area contributed by atoms with E-state index in [1.807, 2.05) is 42.5 Å². The molecule has 0 aliphatic carbocycles. The molecular formula is C17H18ClNO2. The molecule has 4 heteroatoms. The predicted molar refractivity (Wildman–Crippen MR) is 84.7 cm³/mol. The van der Waals surface area contributed by atoms with Crippen LogP contribution in [-0.4, -0.2) is 19.1 Å². The van der Waals surface area contributed by atoms with Gasteiger partial charge in [-0.2, -0.15) is 0 Å². The van der Waals surface area contributed by atoms with E-state index in [1.165, 1.54) is 5.56 Å². The first-order chi connectivity index (χ1) is 10.3. The Balaban J connectivity index is 1.63. The Morgan fingerprint density at radius 3 is 2.52 bits per heavy atom. The largest absolute Gasteiger partial charge is 0.491 e. The molecule has 0 unspecified atom stereocenters. The summed E-state index contributed by atoms with van der Waals surface area (Å²) >= 11 is 5.97. The van der Waals surface area contributed by atoms with Crippen molar-refractivity contribution in [1.29, 1.82) is 0 Å². The summed E-state index contributed by atoms with van der Waals surface area (Å²) in [5.74, 6) is 0.592. The Morgan fingerprint density at radius 1 is 1.05 bits per heavy atom. The van der Waals surface area contributed by atoms with Crippen LogP contribution in [0.25, 0.3) is 0 Å². The molecular weight excluding hydrogens is 286 g/mol. The summed E-state index contributed by atoms with van der Waals surface area (Å²) in [5, 5.41) is 3.44. The fourth-order valence-corrected chi connectivity index (χ4v) is 2.09. The second kappa shape index (κ2) is 8.32. The van der Waals surface area contributed by atoms with E-state index < -0.39 is 0 Å². The van der Waals surface area contributed by atoms with E-state index in [-0.39, 0.29) is 5.91 Å². The van der Waals surface area contributed by atoms with Gasteiger partial charge in [0.05, 0.1) is 18.1 Å². The summed E-state index contributed by atoms with van der Waals surface area (Å²) in [7, 11) is 0. The number of hydrogen-bond acceptors (Lipinski definition) is 2. The van der Waals surface area contributed by atoms with Crippen molar-refractivity contribution in [2.24, 2.45) is 0 Å². The van der Waals surface area contributed by atoms with Crippen molar-refractivity contribution >= 4 is 17.5 Å². The minimum Gasteiger partial charge on any atom is -0.491 e. The second-order valence-electron chi connectivity index (χ2n) is 4.61. The van der Waals surface area contributed by atoms with Gasteiger partial charge in [0, 0.05) is 6.54 Å². The number of ether oxygens (including phenoxy) is 1. The molecule has 0 aromatic heterocycles. The van der Waals surface area contributed by atoms with Crippen LogP contribution < -0.4 is 10.1 Å². The third-order valence-corrected chi connectivity index (χ3v) is 3.31. The minimum atomic E-state index is -0.0158. The van der Waals surface area contributed by atoms with Crippen molar-refractivity contribution in [3.05, 3.63) is 65.2 Å². The van der Waals surface area contributed by atoms with Gasteiger partial charge in [0.2, 0.25) is 5.91 Å². The molecule has 2 rings (SSSR count). The molecule has 1 N–H and O–H groups in total. The molecule has 0 spiro atoms. The van der Waals surface area contributed by atoms with E-state index in [2.05, 4.69) is 5.32 Å². The molecule has 0 heterocycles. The van der Waals surface area contributed by atoms with Crippen molar-refractivity contribution in [3.8, 4) is 5.75 Å². The van der Waals surface area contributed by atoms with E-state index >= 15 is 0 Å². The zero-order valence-electron chi connectivity index (χ0n) is 11.7. The molecule has 0 saturated carbocycles. The molecule has 0 atom stereocenters. The average Bonchev–Trinajstić information content (AvgIpc) is 2.50. The molecule has 3 nitrogen and oxygen atoms in total. The zero-order valence-corrected chi connectivity index (χ0v) is 12.5. The van der Waals surface area contributed by atoms with Crippen molar-refractivity contribution in [2.45, 2.75) is 12.8 Å². The van der Waals surface area contributed by atoms with Crippen LogP contribution in [0.3, 0.4) is 0 Å². The van der Waals surface area contributed by atoms with Crippen LogP contribution in [0.4, 0.5) is 0 Å². The molecule has 0 fully saturated rings. The van der Waals surface area contributed by atoms with Gasteiger partial charge in [-0.05, 0) is 24.1 Å². The number of amides is 1. The maximum Gasteiger partial charge on any atom is 0.223 e. The fraction of sp³-hybridized carbons (Fsp3) is 0.235. The third-order valence-electron chi connectivity index (χ3n) is 3.00. The van der Waals surface area contributed by atoms with E-state index in [0.717, 1.165) is 6.42 Å². The van der Waals surface area contributed by atoms with Crippen LogP contribution in [0.5, 0.6) is 5.75 Å². The van der Waals surface area contributed by atoms with Crippen molar-refractivity contribution < 1.29 is 9.53 Å². The molecule has 0 bridgehead atoms. The number of para-hydroxylation sites is 1. The van der Waals surface area contributed by atoms with E-state index in [0.29, 0.717) is 30.3 Å². The number of benzene rings is 2. The molecule has 110 valence electrons. The monoisotopic (exact) mass is 303 g/mol. The van der Waals surface area contributed by atoms with Crippen LogP contribution in [0.15, 0.2) is 54.6 Å². The SMILES string of the molecule is O=C(CCOc1ccccc1Cl)NCCc1ccccc1. The molecule has 21 heavy (non-hydrogen) atoms. The van der Waals surface area contributed by atoms with Gasteiger partial charge >= 0.3 is 0 Å². The summed E-state index contributed by atoms with van der Waals surface area (Å²) in [6, 6.07) is 17.3. The molecule has 0 saturated heterocycles. The lowest BCUT2D eigenvalue weighted by molar-refractivity contribution is -0.121. The maximum absolute atomic E-state index is 11.7. The van der Waals surface area contributed by atoms with Gasteiger partial charge < -0.3 is 10.1 Å². The zero-order chi connectivity index (χ0) is 14.9. The quantitative estimate of drug-likeness (QED) is 0.850. The first-order valence-electron chi connectivity index (χ1n) is 6.93. The molecule has 2 aromatic rings. The van der Waals surface area contributed by atoms with Gasteiger partial charge in [-0.1, -0.05) is 54.1 Å². The van der Waals surface area contributed by atoms with Crippen molar-refractivity contribution in [1.82, 2.24) is 5.32 Å². The van der Waals surface area contributed by atoms with Crippen LogP contribution in [0.2, 0.25) is 5.02 Å². The molecule has 0 aliphatic heterocycles. The summed E-state index contributed by atoms with van der Waals surface area (Å²) < 4.78 is 5.48. The highest BCUT2D eigenvalue weighted by Crippen LogP contribution is 2.22. The Morgan fingerprint density at radius 2 is 1.76 bits per heavy atom. The summed E-state index contributed by atoms with van der Waals surface area (Å²) in [4.78, 5) is 11.7. The van der Waals surface area contributed by atoms with Crippen LogP contribution >= 0.6 is 11.6 Å². The smallest absolute Gasteiger partial charge is 0.223 e. The predicted octanol–water partition coefficient (Wildman–Crippen LogP) is 3.47. The minimum absolute atomic E-state index is 0.0158. The number of carbonyl (C=O) groups is 1. The summed E-state index contributed by atoms with van der Waals surface area (Å²) in [6.07, 6.45) is 1.15. The number of nitrogens with one attached hydrogen (secondary N) is 1. The lowest BCUT2D eigenvalue weighted by Crippen LogP contribution is -2.27. The number of halogens is 1. The first kappa shape index (κ1) is 15.4. The van der Waals surface area contributed by atoms with E-state index in [1.54, 1.807) is 12.1 Å². The normalized spacial score (nSPS) is 10.1. The Kier molecular flexibility index (Phi) is 6.10. The standard InChI is InChI=1S/C17H18ClNO2/c18-15-8-4-5-9-16(15)21-13-11-17(20)19-12-10-14-6-2-1-3-7-14/h1-9H,10-13H2,(H,19,20). The van der Waals surface area contributed by atoms with Gasteiger partial charge in [-0.15, -0.1) is 0 Å². The van der Waals surface area contributed by atoms with Gasteiger partial charge in [-0.25, -0.2) is 0 Å². The van der Waals surface area contributed by atoms with Crippen molar-refractivity contribution in [3.63, 3.8) is 0 Å². The van der Waals surface area contributed by atoms with Gasteiger partial charge in [0.1, 0.15) is 5.75 Å². The Hall–Kier alpha value is -2.00. The van der Waals surface area contributed by atoms with E-state index in [4.69, 9.17) is 16.3 Å². The van der Waals surface area contributed by atoms with Crippen LogP contribution in [-0.2, 0) is 11.2 Å². The van der Waals surface area contributed by atoms with Gasteiger partial charge in [-0.3, -0.25) is 4.79 Å². The second-order valence-corrected chi connectivity index (χ2v) is 5.02. The number of carbonyl (C=O) groups excluding carboxylic acids is 1. The van der Waals surface area contributed by atoms with Crippen LogP contribution in [0.1, 0.15) is 12.0 Å². The maximum atomic E-state index is 11.7. The molecule has 0 radical (unpaired) electrons. The molecule has 0 aliphatic rings.